The Bertz CT molecular complexity index is 2110. The van der Waals surface area contributed by atoms with Gasteiger partial charge in [-0.15, -0.1) is 0 Å². The van der Waals surface area contributed by atoms with E-state index in [1.165, 1.54) is 5.56 Å². The maximum atomic E-state index is 13.5. The Hall–Kier alpha value is -4.88. The molecule has 5 heterocycles. The van der Waals surface area contributed by atoms with Gasteiger partial charge in [-0.1, -0.05) is 48.9 Å². The van der Waals surface area contributed by atoms with E-state index in [9.17, 15) is 9.59 Å². The number of halogens is 1. The number of aryl methyl sites for hydroxylation is 2. The maximum absolute atomic E-state index is 13.5. The molecule has 13 heteroatoms. The van der Waals surface area contributed by atoms with Crippen LogP contribution in [0.3, 0.4) is 0 Å². The maximum Gasteiger partial charge on any atom is 0.270 e. The molecule has 5 aromatic rings. The molecule has 0 bridgehead atoms. The van der Waals surface area contributed by atoms with Crippen molar-refractivity contribution in [2.45, 2.75) is 65.3 Å². The topological polar surface area (TPSA) is 138 Å². The Labute approximate surface area is 321 Å². The molecule has 0 unspecified atom stereocenters. The second-order valence-electron chi connectivity index (χ2n) is 13.8. The van der Waals surface area contributed by atoms with Gasteiger partial charge in [0.25, 0.3) is 11.8 Å². The molecule has 0 spiro atoms. The van der Waals surface area contributed by atoms with Crippen LogP contribution >= 0.6 is 11.6 Å². The molecule has 0 atom stereocenters. The number of rotatable bonds is 13. The third-order valence-corrected chi connectivity index (χ3v) is 10.5. The Morgan fingerprint density at radius 1 is 0.907 bits per heavy atom. The van der Waals surface area contributed by atoms with Crippen molar-refractivity contribution in [2.24, 2.45) is 0 Å². The van der Waals surface area contributed by atoms with Gasteiger partial charge < -0.3 is 26.0 Å². The molecule has 4 N–H and O–H groups in total. The van der Waals surface area contributed by atoms with Crippen LogP contribution in [-0.4, -0.2) is 81.9 Å². The van der Waals surface area contributed by atoms with Crippen LogP contribution in [0.4, 0.5) is 5.69 Å². The van der Waals surface area contributed by atoms with Gasteiger partial charge in [-0.3, -0.25) is 14.5 Å². The number of nitrogens with one attached hydrogen (secondary N) is 4. The van der Waals surface area contributed by atoms with Crippen LogP contribution in [0.5, 0.6) is 0 Å². The molecule has 2 fully saturated rings. The summed E-state index contributed by atoms with van der Waals surface area (Å²) in [7, 11) is 0. The number of hydrogen-bond acceptors (Lipinski definition) is 9. The molecule has 2 aliphatic heterocycles. The van der Waals surface area contributed by atoms with Crippen molar-refractivity contribution in [2.75, 3.05) is 44.7 Å². The zero-order valence-electron chi connectivity index (χ0n) is 31.0. The lowest BCUT2D eigenvalue weighted by Crippen LogP contribution is -2.42. The summed E-state index contributed by atoms with van der Waals surface area (Å²) in [5, 5.41) is 19.3. The Kier molecular flexibility index (Phi) is 12.1. The van der Waals surface area contributed by atoms with Gasteiger partial charge in [0, 0.05) is 93.5 Å². The van der Waals surface area contributed by atoms with Crippen molar-refractivity contribution in [1.82, 2.24) is 40.6 Å². The van der Waals surface area contributed by atoms with Crippen LogP contribution in [-0.2, 0) is 37.3 Å². The first-order valence-corrected chi connectivity index (χ1v) is 19.3. The summed E-state index contributed by atoms with van der Waals surface area (Å²) in [5.41, 5.74) is 7.96. The SMILES string of the molecule is CCc1nc2c(cnn2CC)c(NC2CCOCC2)c1CNC(=O)c1cccc(C(=O)NCc2ccc(Cl)c(-c3cccc(CN4CCNCC4)c3)c2)n1. The number of nitrogens with zero attached hydrogens (tertiary/aromatic N) is 5. The van der Waals surface area contributed by atoms with Gasteiger partial charge in [0.05, 0.1) is 17.3 Å². The number of pyridine rings is 2. The van der Waals surface area contributed by atoms with Gasteiger partial charge >= 0.3 is 0 Å². The zero-order chi connectivity index (χ0) is 37.4. The molecule has 282 valence electrons. The molecule has 2 aromatic carbocycles. The van der Waals surface area contributed by atoms with Crippen molar-refractivity contribution in [3.05, 3.63) is 106 Å². The number of amides is 2. The summed E-state index contributed by atoms with van der Waals surface area (Å²) in [5.74, 6) is -0.757. The Morgan fingerprint density at radius 3 is 2.39 bits per heavy atom. The minimum Gasteiger partial charge on any atom is -0.381 e. The van der Waals surface area contributed by atoms with Crippen LogP contribution < -0.4 is 21.3 Å². The van der Waals surface area contributed by atoms with Crippen molar-refractivity contribution in [1.29, 1.82) is 0 Å². The second kappa shape index (κ2) is 17.5. The average molecular weight is 750 g/mol. The van der Waals surface area contributed by atoms with Gasteiger partial charge in [0.2, 0.25) is 0 Å². The lowest BCUT2D eigenvalue weighted by molar-refractivity contribution is 0.0904. The minimum atomic E-state index is -0.380. The molecule has 54 heavy (non-hydrogen) atoms. The van der Waals surface area contributed by atoms with Crippen molar-refractivity contribution < 1.29 is 14.3 Å². The third kappa shape index (κ3) is 8.73. The number of anilines is 1. The van der Waals surface area contributed by atoms with Crippen LogP contribution in [0.15, 0.2) is 66.9 Å². The Morgan fingerprint density at radius 2 is 1.65 bits per heavy atom. The lowest BCUT2D eigenvalue weighted by Gasteiger charge is -2.27. The highest BCUT2D eigenvalue weighted by molar-refractivity contribution is 6.33. The fraction of sp³-hybridized carbons (Fsp3) is 0.390. The standard InChI is InChI=1S/C41H48ClN9O3/c1-3-35-32(38(47-30-13-19-54-20-14-30)33-25-46-51(4-2)39(33)49-35)24-45-41(53)37-10-6-9-36(48-37)40(52)44-23-27-11-12-34(42)31(22-27)29-8-5-7-28(21-29)26-50-17-15-43-16-18-50/h5-12,21-22,25,30,43H,3-4,13-20,23-24,26H2,1-2H3,(H,44,52)(H,45,53)(H,47,49). The predicted octanol–water partition coefficient (Wildman–Crippen LogP) is 5.59. The number of fused-ring (bicyclic) bond motifs is 1. The molecule has 0 saturated carbocycles. The van der Waals surface area contributed by atoms with Gasteiger partial charge in [0.15, 0.2) is 5.65 Å². The highest BCUT2D eigenvalue weighted by Crippen LogP contribution is 2.32. The van der Waals surface area contributed by atoms with E-state index in [1.807, 2.05) is 36.0 Å². The van der Waals surface area contributed by atoms with Gasteiger partial charge in [-0.2, -0.15) is 5.10 Å². The molecule has 7 rings (SSSR count). The van der Waals surface area contributed by atoms with E-state index in [-0.39, 0.29) is 42.3 Å². The Balaban J connectivity index is 1.02. The quantitative estimate of drug-likeness (QED) is 0.122. The first-order valence-electron chi connectivity index (χ1n) is 19.0. The van der Waals surface area contributed by atoms with Crippen molar-refractivity contribution >= 4 is 40.1 Å². The fourth-order valence-electron chi connectivity index (χ4n) is 7.19. The molecule has 0 aliphatic carbocycles. The van der Waals surface area contributed by atoms with Crippen molar-refractivity contribution in [3.63, 3.8) is 0 Å². The molecule has 3 aromatic heterocycles. The van der Waals surface area contributed by atoms with Gasteiger partial charge in [0.1, 0.15) is 11.4 Å². The first-order chi connectivity index (χ1) is 26.4. The van der Waals surface area contributed by atoms with Crippen LogP contribution in [0.2, 0.25) is 5.02 Å². The molecule has 2 amide bonds. The smallest absolute Gasteiger partial charge is 0.270 e. The number of hydrogen-bond donors (Lipinski definition) is 4. The van der Waals surface area contributed by atoms with Gasteiger partial charge in [-0.25, -0.2) is 14.6 Å². The van der Waals surface area contributed by atoms with Gasteiger partial charge in [-0.05, 0) is 73.2 Å². The second-order valence-corrected chi connectivity index (χ2v) is 14.2. The van der Waals surface area contributed by atoms with Crippen LogP contribution in [0.1, 0.15) is 70.1 Å². The monoisotopic (exact) mass is 749 g/mol. The summed E-state index contributed by atoms with van der Waals surface area (Å²) in [6.45, 7) is 11.7. The lowest BCUT2D eigenvalue weighted by atomic mass is 10.0. The normalized spacial score (nSPS) is 15.3. The summed E-state index contributed by atoms with van der Waals surface area (Å²) >= 11 is 6.68. The van der Waals surface area contributed by atoms with E-state index < -0.39 is 0 Å². The van der Waals surface area contributed by atoms with E-state index in [2.05, 4.69) is 67.4 Å². The summed E-state index contributed by atoms with van der Waals surface area (Å²) < 4.78 is 7.49. The van der Waals surface area contributed by atoms with E-state index >= 15 is 0 Å². The molecule has 0 radical (unpaired) electrons. The highest BCUT2D eigenvalue weighted by Gasteiger charge is 2.23. The highest BCUT2D eigenvalue weighted by atomic mass is 35.5. The zero-order valence-corrected chi connectivity index (χ0v) is 31.7. The molecule has 12 nitrogen and oxygen atoms in total. The van der Waals surface area contributed by atoms with Crippen LogP contribution in [0.25, 0.3) is 22.2 Å². The van der Waals surface area contributed by atoms with Crippen LogP contribution in [0, 0.1) is 0 Å². The number of piperazine rings is 1. The van der Waals surface area contributed by atoms with E-state index in [4.69, 9.17) is 21.3 Å². The average Bonchev–Trinajstić information content (AvgIpc) is 3.63. The summed E-state index contributed by atoms with van der Waals surface area (Å²) in [4.78, 5) is 38.7. The predicted molar refractivity (Wildman–Crippen MR) is 212 cm³/mol. The molecular weight excluding hydrogens is 702 g/mol. The number of aromatic nitrogens is 4. The van der Waals surface area contributed by atoms with E-state index in [0.717, 1.165) is 90.2 Å². The summed E-state index contributed by atoms with van der Waals surface area (Å²) in [6.07, 6.45) is 4.31. The fourth-order valence-corrected chi connectivity index (χ4v) is 7.42. The number of carbonyl (C=O) groups is 2. The molecular formula is C41H48ClN9O3. The summed E-state index contributed by atoms with van der Waals surface area (Å²) in [6, 6.07) is 19.4. The number of carbonyl (C=O) groups excluding carboxylic acids is 2. The molecule has 2 saturated heterocycles. The minimum absolute atomic E-state index is 0.155. The van der Waals surface area contributed by atoms with E-state index in [1.54, 1.807) is 18.2 Å². The van der Waals surface area contributed by atoms with E-state index in [0.29, 0.717) is 31.2 Å². The van der Waals surface area contributed by atoms with Crippen molar-refractivity contribution in [3.8, 4) is 11.1 Å². The largest absolute Gasteiger partial charge is 0.381 e. The first kappa shape index (κ1) is 37.4. The number of benzene rings is 2. The third-order valence-electron chi connectivity index (χ3n) is 10.2. The molecule has 2 aliphatic rings. The number of ether oxygens (including phenoxy) is 1.